The Bertz CT molecular complexity index is 717. The van der Waals surface area contributed by atoms with E-state index in [2.05, 4.69) is 18.8 Å². The van der Waals surface area contributed by atoms with Gasteiger partial charge in [0, 0.05) is 5.56 Å². The van der Waals surface area contributed by atoms with Crippen LogP contribution in [0.1, 0.15) is 97.3 Å². The predicted octanol–water partition coefficient (Wildman–Crippen LogP) is 8.96. The number of nitrogens with zero attached hydrogens (tertiary/aromatic N) is 1. The number of pyridine rings is 1. The number of alkyl halides is 1. The number of unbranched alkanes of at least 4 members (excludes halogenated alkanes) is 10. The first-order chi connectivity index (χ1) is 16.2. The number of hydrogen-bond donors (Lipinski definition) is 0. The van der Waals surface area contributed by atoms with Gasteiger partial charge in [0.2, 0.25) is 0 Å². The zero-order valence-electron chi connectivity index (χ0n) is 20.9. The van der Waals surface area contributed by atoms with Gasteiger partial charge >= 0.3 is 0 Å². The van der Waals surface area contributed by atoms with Crippen LogP contribution in [0.4, 0.5) is 4.39 Å². The Morgan fingerprint density at radius 2 is 1.30 bits per heavy atom. The third kappa shape index (κ3) is 12.1. The fourth-order valence-electron chi connectivity index (χ4n) is 3.85. The topological polar surface area (TPSA) is 31.4 Å². The second-order valence-corrected chi connectivity index (χ2v) is 8.98. The van der Waals surface area contributed by atoms with Gasteiger partial charge in [0.25, 0.3) is 0 Å². The van der Waals surface area contributed by atoms with Crippen molar-refractivity contribution < 1.29 is 13.9 Å². The molecule has 0 spiro atoms. The first-order valence-electron chi connectivity index (χ1n) is 13.2. The summed E-state index contributed by atoms with van der Waals surface area (Å²) in [6.45, 7) is 5.28. The summed E-state index contributed by atoms with van der Waals surface area (Å²) in [5.41, 5.74) is 1.90. The standard InChI is InChI=1S/C29H44FNO2/c1-3-5-7-9-10-11-12-14-22-32-27-18-16-25(17-19-27)29-21-20-28(23-31-29)33-24-26(30)15-13-8-6-4-2/h16-21,23,26H,3-15,22,24H2,1-2H3. The number of hydrogen-bond acceptors (Lipinski definition) is 3. The molecular formula is C29H44FNO2. The van der Waals surface area contributed by atoms with Crippen LogP contribution >= 0.6 is 0 Å². The van der Waals surface area contributed by atoms with Crippen LogP contribution in [0, 0.1) is 0 Å². The predicted molar refractivity (Wildman–Crippen MR) is 137 cm³/mol. The quantitative estimate of drug-likeness (QED) is 0.197. The first kappa shape index (κ1) is 27.1. The van der Waals surface area contributed by atoms with E-state index in [1.807, 2.05) is 36.4 Å². The summed E-state index contributed by atoms with van der Waals surface area (Å²) in [5.74, 6) is 1.51. The molecular weight excluding hydrogens is 413 g/mol. The summed E-state index contributed by atoms with van der Waals surface area (Å²) in [7, 11) is 0. The minimum atomic E-state index is -0.917. The van der Waals surface area contributed by atoms with Gasteiger partial charge in [0.15, 0.2) is 0 Å². The minimum Gasteiger partial charge on any atom is -0.494 e. The van der Waals surface area contributed by atoms with E-state index >= 15 is 0 Å². The third-order valence-electron chi connectivity index (χ3n) is 5.95. The van der Waals surface area contributed by atoms with E-state index in [-0.39, 0.29) is 6.61 Å². The molecule has 0 amide bonds. The summed E-state index contributed by atoms with van der Waals surface area (Å²) in [6.07, 6.45) is 16.1. The molecule has 2 aromatic rings. The van der Waals surface area contributed by atoms with E-state index in [1.54, 1.807) is 6.20 Å². The molecule has 1 heterocycles. The molecule has 0 radical (unpaired) electrons. The molecule has 0 saturated carbocycles. The van der Waals surface area contributed by atoms with E-state index in [1.165, 1.54) is 57.8 Å². The second kappa shape index (κ2) is 17.4. The summed E-state index contributed by atoms with van der Waals surface area (Å²) < 4.78 is 25.4. The first-order valence-corrected chi connectivity index (χ1v) is 13.2. The zero-order valence-corrected chi connectivity index (χ0v) is 20.9. The van der Waals surface area contributed by atoms with Crippen molar-refractivity contribution in [2.45, 2.75) is 103 Å². The van der Waals surface area contributed by atoms with Crippen molar-refractivity contribution in [1.29, 1.82) is 0 Å². The van der Waals surface area contributed by atoms with Crippen LogP contribution in [0.25, 0.3) is 11.3 Å². The van der Waals surface area contributed by atoms with Crippen molar-refractivity contribution >= 4 is 0 Å². The molecule has 0 fully saturated rings. The van der Waals surface area contributed by atoms with Gasteiger partial charge in [-0.3, -0.25) is 4.98 Å². The van der Waals surface area contributed by atoms with E-state index < -0.39 is 6.17 Å². The fourth-order valence-corrected chi connectivity index (χ4v) is 3.85. The maximum absolute atomic E-state index is 13.9. The molecule has 0 aliphatic rings. The number of rotatable bonds is 19. The van der Waals surface area contributed by atoms with E-state index in [9.17, 15) is 4.39 Å². The minimum absolute atomic E-state index is 0.0953. The van der Waals surface area contributed by atoms with Crippen molar-refractivity contribution in [2.75, 3.05) is 13.2 Å². The lowest BCUT2D eigenvalue weighted by atomic mass is 10.1. The molecule has 1 unspecified atom stereocenters. The average molecular weight is 458 g/mol. The Morgan fingerprint density at radius 1 is 0.697 bits per heavy atom. The van der Waals surface area contributed by atoms with Crippen molar-refractivity contribution in [1.82, 2.24) is 4.98 Å². The lowest BCUT2D eigenvalue weighted by Crippen LogP contribution is -2.12. The van der Waals surface area contributed by atoms with E-state index in [4.69, 9.17) is 9.47 Å². The summed E-state index contributed by atoms with van der Waals surface area (Å²) >= 11 is 0. The largest absolute Gasteiger partial charge is 0.494 e. The van der Waals surface area contributed by atoms with Gasteiger partial charge in [0.1, 0.15) is 24.3 Å². The Balaban J connectivity index is 1.64. The normalized spacial score (nSPS) is 12.0. The number of benzene rings is 1. The van der Waals surface area contributed by atoms with Crippen LogP contribution in [0.15, 0.2) is 42.6 Å². The highest BCUT2D eigenvalue weighted by molar-refractivity contribution is 5.60. The van der Waals surface area contributed by atoms with Gasteiger partial charge in [0.05, 0.1) is 18.5 Å². The molecule has 0 aliphatic heterocycles. The third-order valence-corrected chi connectivity index (χ3v) is 5.95. The zero-order chi connectivity index (χ0) is 23.6. The molecule has 0 bridgehead atoms. The lowest BCUT2D eigenvalue weighted by Gasteiger charge is -2.11. The maximum Gasteiger partial charge on any atom is 0.137 e. The van der Waals surface area contributed by atoms with Gasteiger partial charge in [-0.25, -0.2) is 4.39 Å². The summed E-state index contributed by atoms with van der Waals surface area (Å²) in [6, 6.07) is 11.8. The van der Waals surface area contributed by atoms with Crippen LogP contribution in [0.2, 0.25) is 0 Å². The Hall–Kier alpha value is -2.10. The number of halogens is 1. The SMILES string of the molecule is CCCCCCCCCCOc1ccc(-c2ccc(OCC(F)CCCCCC)cn2)cc1. The van der Waals surface area contributed by atoms with Crippen LogP contribution in [0.5, 0.6) is 11.5 Å². The second-order valence-electron chi connectivity index (χ2n) is 8.98. The van der Waals surface area contributed by atoms with Crippen molar-refractivity contribution in [3.05, 3.63) is 42.6 Å². The van der Waals surface area contributed by atoms with E-state index in [0.717, 1.165) is 42.9 Å². The molecule has 3 nitrogen and oxygen atoms in total. The molecule has 33 heavy (non-hydrogen) atoms. The molecule has 0 N–H and O–H groups in total. The van der Waals surface area contributed by atoms with Crippen LogP contribution in [-0.4, -0.2) is 24.4 Å². The summed E-state index contributed by atoms with van der Waals surface area (Å²) in [5, 5.41) is 0. The number of ether oxygens (including phenoxy) is 2. The van der Waals surface area contributed by atoms with Gasteiger partial charge < -0.3 is 9.47 Å². The van der Waals surface area contributed by atoms with Crippen molar-refractivity contribution in [3.8, 4) is 22.8 Å². The molecule has 1 aromatic heterocycles. The van der Waals surface area contributed by atoms with Gasteiger partial charge in [-0.2, -0.15) is 0 Å². The van der Waals surface area contributed by atoms with Crippen LogP contribution in [-0.2, 0) is 0 Å². The Labute approximate surface area is 201 Å². The molecule has 184 valence electrons. The lowest BCUT2D eigenvalue weighted by molar-refractivity contribution is 0.183. The number of aromatic nitrogens is 1. The fraction of sp³-hybridized carbons (Fsp3) is 0.621. The van der Waals surface area contributed by atoms with E-state index in [0.29, 0.717) is 12.2 Å². The van der Waals surface area contributed by atoms with Gasteiger partial charge in [-0.1, -0.05) is 84.5 Å². The smallest absolute Gasteiger partial charge is 0.137 e. The van der Waals surface area contributed by atoms with Gasteiger partial charge in [-0.15, -0.1) is 0 Å². The molecule has 1 aromatic carbocycles. The Morgan fingerprint density at radius 3 is 1.94 bits per heavy atom. The van der Waals surface area contributed by atoms with Crippen LogP contribution < -0.4 is 9.47 Å². The molecule has 4 heteroatoms. The highest BCUT2D eigenvalue weighted by Gasteiger charge is 2.08. The molecule has 2 rings (SSSR count). The maximum atomic E-state index is 13.9. The molecule has 0 saturated heterocycles. The van der Waals surface area contributed by atoms with Crippen molar-refractivity contribution in [2.24, 2.45) is 0 Å². The highest BCUT2D eigenvalue weighted by atomic mass is 19.1. The average Bonchev–Trinajstić information content (AvgIpc) is 2.85. The Kier molecular flexibility index (Phi) is 14.3. The van der Waals surface area contributed by atoms with Gasteiger partial charge in [-0.05, 0) is 49.2 Å². The molecule has 1 atom stereocenters. The van der Waals surface area contributed by atoms with Crippen molar-refractivity contribution in [3.63, 3.8) is 0 Å². The highest BCUT2D eigenvalue weighted by Crippen LogP contribution is 2.23. The van der Waals surface area contributed by atoms with Crippen LogP contribution in [0.3, 0.4) is 0 Å². The monoisotopic (exact) mass is 457 g/mol. The molecule has 0 aliphatic carbocycles. The summed E-state index contributed by atoms with van der Waals surface area (Å²) in [4.78, 5) is 4.48.